The Hall–Kier alpha value is -0.0400. The van der Waals surface area contributed by atoms with Crippen LogP contribution < -0.4 is 0 Å². The van der Waals surface area contributed by atoms with E-state index in [1.807, 2.05) is 0 Å². The molecule has 2 fully saturated rings. The summed E-state index contributed by atoms with van der Waals surface area (Å²) in [5.74, 6) is 1.81. The zero-order valence-electron chi connectivity index (χ0n) is 11.1. The first-order valence-corrected chi connectivity index (χ1v) is 6.69. The summed E-state index contributed by atoms with van der Waals surface area (Å²) in [6, 6.07) is 0. The zero-order chi connectivity index (χ0) is 11.3. The van der Waals surface area contributed by atoms with Crippen LogP contribution in [-0.4, -0.2) is 22.5 Å². The molecule has 1 heteroatoms. The molecule has 1 aliphatic carbocycles. The monoisotopic (exact) mass is 209 g/mol. The second kappa shape index (κ2) is 3.48. The molecule has 0 aromatic rings. The molecule has 88 valence electrons. The SMILES string of the molecule is CCN1C(C)(C)CC(C(C)C)CC12CC2. The predicted octanol–water partition coefficient (Wildman–Crippen LogP) is 3.69. The van der Waals surface area contributed by atoms with E-state index in [4.69, 9.17) is 0 Å². The molecule has 1 nitrogen and oxygen atoms in total. The van der Waals surface area contributed by atoms with Gasteiger partial charge in [0.2, 0.25) is 0 Å². The van der Waals surface area contributed by atoms with Gasteiger partial charge in [0.25, 0.3) is 0 Å². The van der Waals surface area contributed by atoms with E-state index in [0.717, 1.165) is 11.8 Å². The van der Waals surface area contributed by atoms with E-state index in [-0.39, 0.29) is 0 Å². The highest BCUT2D eigenvalue weighted by atomic mass is 15.3. The van der Waals surface area contributed by atoms with Crippen molar-refractivity contribution in [2.24, 2.45) is 11.8 Å². The Morgan fingerprint density at radius 2 is 1.80 bits per heavy atom. The van der Waals surface area contributed by atoms with E-state index in [1.165, 1.54) is 32.2 Å². The van der Waals surface area contributed by atoms with Crippen molar-refractivity contribution >= 4 is 0 Å². The van der Waals surface area contributed by atoms with Crippen LogP contribution in [-0.2, 0) is 0 Å². The maximum absolute atomic E-state index is 2.79. The van der Waals surface area contributed by atoms with Crippen LogP contribution in [0.4, 0.5) is 0 Å². The summed E-state index contributed by atoms with van der Waals surface area (Å²) in [5, 5.41) is 0. The van der Waals surface area contributed by atoms with E-state index >= 15 is 0 Å². The Morgan fingerprint density at radius 1 is 1.20 bits per heavy atom. The average molecular weight is 209 g/mol. The molecular weight excluding hydrogens is 182 g/mol. The lowest BCUT2D eigenvalue weighted by molar-refractivity contribution is -0.0247. The van der Waals surface area contributed by atoms with Gasteiger partial charge in [0, 0.05) is 11.1 Å². The molecule has 1 aliphatic heterocycles. The summed E-state index contributed by atoms with van der Waals surface area (Å²) in [7, 11) is 0. The Kier molecular flexibility index (Phi) is 2.65. The van der Waals surface area contributed by atoms with Crippen molar-refractivity contribution < 1.29 is 0 Å². The molecule has 1 saturated carbocycles. The van der Waals surface area contributed by atoms with Gasteiger partial charge in [-0.15, -0.1) is 0 Å². The van der Waals surface area contributed by atoms with Crippen molar-refractivity contribution in [3.63, 3.8) is 0 Å². The van der Waals surface area contributed by atoms with Crippen LogP contribution in [0.25, 0.3) is 0 Å². The van der Waals surface area contributed by atoms with E-state index in [2.05, 4.69) is 39.5 Å². The third-order valence-corrected chi connectivity index (χ3v) is 4.79. The molecule has 1 spiro atoms. The van der Waals surface area contributed by atoms with Gasteiger partial charge in [-0.1, -0.05) is 20.8 Å². The molecule has 0 aromatic carbocycles. The first-order chi connectivity index (χ1) is 6.91. The largest absolute Gasteiger partial charge is 0.293 e. The highest BCUT2D eigenvalue weighted by Crippen LogP contribution is 2.55. The van der Waals surface area contributed by atoms with Crippen molar-refractivity contribution in [3.05, 3.63) is 0 Å². The van der Waals surface area contributed by atoms with Crippen LogP contribution >= 0.6 is 0 Å². The van der Waals surface area contributed by atoms with E-state index in [1.54, 1.807) is 0 Å². The van der Waals surface area contributed by atoms with E-state index in [0.29, 0.717) is 11.1 Å². The summed E-state index contributed by atoms with van der Waals surface area (Å²) < 4.78 is 0. The van der Waals surface area contributed by atoms with Gasteiger partial charge >= 0.3 is 0 Å². The smallest absolute Gasteiger partial charge is 0.0218 e. The maximum Gasteiger partial charge on any atom is 0.0218 e. The normalized spacial score (nSPS) is 33.6. The van der Waals surface area contributed by atoms with Gasteiger partial charge in [-0.3, -0.25) is 4.90 Å². The van der Waals surface area contributed by atoms with Gasteiger partial charge in [0.15, 0.2) is 0 Å². The minimum absolute atomic E-state index is 0.429. The fourth-order valence-electron chi connectivity index (χ4n) is 3.92. The Balaban J connectivity index is 2.19. The van der Waals surface area contributed by atoms with Crippen LogP contribution in [0.5, 0.6) is 0 Å². The highest BCUT2D eigenvalue weighted by Gasteiger charge is 2.56. The van der Waals surface area contributed by atoms with Crippen molar-refractivity contribution in [1.29, 1.82) is 0 Å². The van der Waals surface area contributed by atoms with Gasteiger partial charge < -0.3 is 0 Å². The van der Waals surface area contributed by atoms with E-state index < -0.39 is 0 Å². The molecule has 1 unspecified atom stereocenters. The molecule has 0 N–H and O–H groups in total. The molecule has 0 aromatic heterocycles. The van der Waals surface area contributed by atoms with Gasteiger partial charge in [0.1, 0.15) is 0 Å². The maximum atomic E-state index is 2.79. The van der Waals surface area contributed by atoms with Crippen molar-refractivity contribution in [2.45, 2.75) is 71.4 Å². The topological polar surface area (TPSA) is 3.24 Å². The second-order valence-corrected chi connectivity index (χ2v) is 6.69. The number of nitrogens with zero attached hydrogens (tertiary/aromatic N) is 1. The average Bonchev–Trinajstić information content (AvgIpc) is 2.83. The lowest BCUT2D eigenvalue weighted by atomic mass is 9.73. The molecular formula is C14H27N. The fourth-order valence-corrected chi connectivity index (χ4v) is 3.92. The first kappa shape index (κ1) is 11.4. The summed E-state index contributed by atoms with van der Waals surface area (Å²) in [4.78, 5) is 2.79. The number of hydrogen-bond acceptors (Lipinski definition) is 1. The minimum atomic E-state index is 0.429. The molecule has 0 radical (unpaired) electrons. The van der Waals surface area contributed by atoms with Crippen molar-refractivity contribution in [3.8, 4) is 0 Å². The molecule has 0 bridgehead atoms. The standard InChI is InChI=1S/C14H27N/c1-6-15-13(4,5)9-12(11(2)3)10-14(15)7-8-14/h11-12H,6-10H2,1-5H3. The quantitative estimate of drug-likeness (QED) is 0.670. The van der Waals surface area contributed by atoms with Crippen LogP contribution in [0.3, 0.4) is 0 Å². The van der Waals surface area contributed by atoms with Gasteiger partial charge in [-0.25, -0.2) is 0 Å². The van der Waals surface area contributed by atoms with Crippen molar-refractivity contribution in [2.75, 3.05) is 6.54 Å². The fraction of sp³-hybridized carbons (Fsp3) is 1.00. The zero-order valence-corrected chi connectivity index (χ0v) is 11.1. The Labute approximate surface area is 95.2 Å². The van der Waals surface area contributed by atoms with Crippen LogP contribution in [0, 0.1) is 11.8 Å². The summed E-state index contributed by atoms with van der Waals surface area (Å²) in [6.45, 7) is 13.3. The highest BCUT2D eigenvalue weighted by molar-refractivity contribution is 5.12. The molecule has 2 aliphatic rings. The summed E-state index contributed by atoms with van der Waals surface area (Å²) in [5.41, 5.74) is 1.05. The molecule has 2 rings (SSSR count). The number of hydrogen-bond donors (Lipinski definition) is 0. The lowest BCUT2D eigenvalue weighted by Crippen LogP contribution is -2.57. The van der Waals surface area contributed by atoms with E-state index in [9.17, 15) is 0 Å². The third-order valence-electron chi connectivity index (χ3n) is 4.79. The summed E-state index contributed by atoms with van der Waals surface area (Å²) >= 11 is 0. The number of likely N-dealkylation sites (tertiary alicyclic amines) is 1. The predicted molar refractivity (Wildman–Crippen MR) is 66.0 cm³/mol. The van der Waals surface area contributed by atoms with Gasteiger partial charge in [-0.2, -0.15) is 0 Å². The van der Waals surface area contributed by atoms with Crippen molar-refractivity contribution in [1.82, 2.24) is 4.90 Å². The van der Waals surface area contributed by atoms with Crippen LogP contribution in [0.2, 0.25) is 0 Å². The number of rotatable bonds is 2. The number of piperidine rings is 1. The Morgan fingerprint density at radius 3 is 2.20 bits per heavy atom. The summed E-state index contributed by atoms with van der Waals surface area (Å²) in [6.07, 6.45) is 5.75. The molecule has 15 heavy (non-hydrogen) atoms. The van der Waals surface area contributed by atoms with Crippen LogP contribution in [0.15, 0.2) is 0 Å². The molecule has 1 saturated heterocycles. The molecule has 1 heterocycles. The third kappa shape index (κ3) is 1.84. The van der Waals surface area contributed by atoms with Gasteiger partial charge in [-0.05, 0) is 57.9 Å². The minimum Gasteiger partial charge on any atom is -0.293 e. The second-order valence-electron chi connectivity index (χ2n) is 6.69. The molecule has 0 amide bonds. The van der Waals surface area contributed by atoms with Crippen LogP contribution in [0.1, 0.15) is 60.3 Å². The molecule has 1 atom stereocenters. The Bertz CT molecular complexity index is 230. The van der Waals surface area contributed by atoms with Gasteiger partial charge in [0.05, 0.1) is 0 Å². The lowest BCUT2D eigenvalue weighted by Gasteiger charge is -2.52. The first-order valence-electron chi connectivity index (χ1n) is 6.69.